The third kappa shape index (κ3) is 3.25. The topological polar surface area (TPSA) is 46.2 Å². The molecule has 0 aliphatic heterocycles. The number of carbonyl (C=O) groups excluding carboxylic acids is 2. The minimum absolute atomic E-state index is 0.384. The maximum Gasteiger partial charge on any atom is 0.318 e. The molecule has 0 bridgehead atoms. The average molecular weight is 198 g/mol. The summed E-state index contributed by atoms with van der Waals surface area (Å²) in [6.07, 6.45) is 1.21. The molecule has 0 aliphatic carbocycles. The number of benzene rings is 1. The molecule has 1 N–H and O–H groups in total. The van der Waals surface area contributed by atoms with Gasteiger partial charge in [0, 0.05) is 12.1 Å². The maximum atomic E-state index is 10.4. The van der Waals surface area contributed by atoms with Crippen LogP contribution in [0.4, 0.5) is 10.5 Å². The van der Waals surface area contributed by atoms with Crippen LogP contribution in [0.1, 0.15) is 5.56 Å². The highest BCUT2D eigenvalue weighted by atomic mass is 35.5. The van der Waals surface area contributed by atoms with E-state index in [1.807, 2.05) is 0 Å². The summed E-state index contributed by atoms with van der Waals surface area (Å²) < 4.78 is 0. The van der Waals surface area contributed by atoms with Crippen LogP contribution in [0, 0.1) is 0 Å². The summed E-state index contributed by atoms with van der Waals surface area (Å²) in [7, 11) is 0. The quantitative estimate of drug-likeness (QED) is 0.459. The third-order valence-corrected chi connectivity index (χ3v) is 1.61. The summed E-state index contributed by atoms with van der Waals surface area (Å²) >= 11 is 5.11. The zero-order valence-corrected chi connectivity index (χ0v) is 7.54. The fraction of sp³-hybridized carbons (Fsp3) is 0.111. The molecule has 0 heterocycles. The number of aldehydes is 1. The second-order valence-electron chi connectivity index (χ2n) is 2.47. The summed E-state index contributed by atoms with van der Waals surface area (Å²) in [5, 5.41) is 1.79. The number of anilines is 1. The molecular weight excluding hydrogens is 190 g/mol. The van der Waals surface area contributed by atoms with E-state index >= 15 is 0 Å². The molecule has 1 aromatic carbocycles. The molecule has 0 spiro atoms. The van der Waals surface area contributed by atoms with Gasteiger partial charge in [-0.1, -0.05) is 12.1 Å². The highest BCUT2D eigenvalue weighted by molar-refractivity contribution is 6.65. The number of amides is 1. The zero-order chi connectivity index (χ0) is 9.68. The molecule has 1 amide bonds. The summed E-state index contributed by atoms with van der Waals surface area (Å²) in [5.41, 5.74) is 1.53. The Kier molecular flexibility index (Phi) is 3.46. The Bertz CT molecular complexity index is 308. The van der Waals surface area contributed by atoms with Gasteiger partial charge in [0.1, 0.15) is 6.29 Å². The fourth-order valence-corrected chi connectivity index (χ4v) is 1.04. The molecule has 13 heavy (non-hydrogen) atoms. The molecule has 0 saturated carbocycles. The summed E-state index contributed by atoms with van der Waals surface area (Å²) in [4.78, 5) is 20.6. The molecule has 1 aromatic rings. The average Bonchev–Trinajstić information content (AvgIpc) is 2.08. The van der Waals surface area contributed by atoms with Crippen LogP contribution >= 0.6 is 11.6 Å². The Morgan fingerprint density at radius 2 is 2.00 bits per heavy atom. The largest absolute Gasteiger partial charge is 0.318 e. The number of rotatable bonds is 3. The Labute approximate surface area is 80.7 Å². The molecule has 68 valence electrons. The highest BCUT2D eigenvalue weighted by Crippen LogP contribution is 2.10. The number of nitrogens with one attached hydrogen (secondary N) is 1. The SMILES string of the molecule is O=CCc1ccc(NC(=O)Cl)cc1. The van der Waals surface area contributed by atoms with Crippen molar-refractivity contribution in [1.82, 2.24) is 0 Å². The van der Waals surface area contributed by atoms with Crippen LogP contribution in [0.3, 0.4) is 0 Å². The van der Waals surface area contributed by atoms with Gasteiger partial charge in [0.25, 0.3) is 0 Å². The van der Waals surface area contributed by atoms with Crippen molar-refractivity contribution in [3.05, 3.63) is 29.8 Å². The number of halogens is 1. The second kappa shape index (κ2) is 4.62. The normalized spacial score (nSPS) is 9.31. The first-order valence-electron chi connectivity index (χ1n) is 3.71. The van der Waals surface area contributed by atoms with E-state index in [1.54, 1.807) is 24.3 Å². The first-order valence-corrected chi connectivity index (χ1v) is 4.09. The van der Waals surface area contributed by atoms with Crippen molar-refractivity contribution >= 4 is 28.9 Å². The Balaban J connectivity index is 2.69. The standard InChI is InChI=1S/C9H8ClNO2/c10-9(13)11-8-3-1-7(2-4-8)5-6-12/h1-4,6H,5H2,(H,11,13). The Morgan fingerprint density at radius 3 is 2.46 bits per heavy atom. The lowest BCUT2D eigenvalue weighted by Gasteiger charge is -2.00. The summed E-state index contributed by atoms with van der Waals surface area (Å²) in [5.74, 6) is 0. The van der Waals surface area contributed by atoms with E-state index < -0.39 is 5.37 Å². The van der Waals surface area contributed by atoms with E-state index in [-0.39, 0.29) is 0 Å². The Hall–Kier alpha value is -1.35. The van der Waals surface area contributed by atoms with Gasteiger partial charge in [-0.15, -0.1) is 0 Å². The lowest BCUT2D eigenvalue weighted by Crippen LogP contribution is -2.00. The molecule has 0 atom stereocenters. The van der Waals surface area contributed by atoms with E-state index in [2.05, 4.69) is 5.32 Å². The zero-order valence-electron chi connectivity index (χ0n) is 6.79. The van der Waals surface area contributed by atoms with Crippen molar-refractivity contribution in [2.75, 3.05) is 5.32 Å². The van der Waals surface area contributed by atoms with Gasteiger partial charge in [-0.2, -0.15) is 0 Å². The molecule has 0 fully saturated rings. The number of hydrogen-bond acceptors (Lipinski definition) is 2. The minimum Gasteiger partial charge on any atom is -0.312 e. The second-order valence-corrected chi connectivity index (χ2v) is 2.81. The number of hydrogen-bond donors (Lipinski definition) is 1. The van der Waals surface area contributed by atoms with Gasteiger partial charge in [0.2, 0.25) is 0 Å². The van der Waals surface area contributed by atoms with Crippen LogP contribution in [0.2, 0.25) is 0 Å². The van der Waals surface area contributed by atoms with Crippen LogP contribution in [0.25, 0.3) is 0 Å². The van der Waals surface area contributed by atoms with Gasteiger partial charge in [0.15, 0.2) is 0 Å². The van der Waals surface area contributed by atoms with Crippen LogP contribution in [0.5, 0.6) is 0 Å². The molecule has 0 saturated heterocycles. The predicted molar refractivity (Wildman–Crippen MR) is 51.1 cm³/mol. The minimum atomic E-state index is -0.622. The van der Waals surface area contributed by atoms with Gasteiger partial charge < -0.3 is 10.1 Å². The van der Waals surface area contributed by atoms with Crippen LogP contribution in [-0.2, 0) is 11.2 Å². The van der Waals surface area contributed by atoms with Gasteiger partial charge in [0.05, 0.1) is 0 Å². The van der Waals surface area contributed by atoms with Gasteiger partial charge in [-0.3, -0.25) is 4.79 Å². The Morgan fingerprint density at radius 1 is 1.38 bits per heavy atom. The first kappa shape index (κ1) is 9.74. The fourth-order valence-electron chi connectivity index (χ4n) is 0.934. The number of carbonyl (C=O) groups is 2. The lowest BCUT2D eigenvalue weighted by atomic mass is 10.1. The molecule has 3 nitrogen and oxygen atoms in total. The van der Waals surface area contributed by atoms with Crippen molar-refractivity contribution in [3.63, 3.8) is 0 Å². The van der Waals surface area contributed by atoms with Gasteiger partial charge in [-0.05, 0) is 29.3 Å². The van der Waals surface area contributed by atoms with E-state index in [1.165, 1.54) is 0 Å². The van der Waals surface area contributed by atoms with E-state index in [0.29, 0.717) is 12.1 Å². The van der Waals surface area contributed by atoms with Gasteiger partial charge >= 0.3 is 5.37 Å². The molecule has 1 rings (SSSR count). The van der Waals surface area contributed by atoms with E-state index in [9.17, 15) is 9.59 Å². The van der Waals surface area contributed by atoms with Crippen LogP contribution in [0.15, 0.2) is 24.3 Å². The summed E-state index contributed by atoms with van der Waals surface area (Å²) in [6, 6.07) is 6.91. The molecular formula is C9H8ClNO2. The highest BCUT2D eigenvalue weighted by Gasteiger charge is 1.96. The van der Waals surface area contributed by atoms with Crippen LogP contribution in [-0.4, -0.2) is 11.7 Å². The monoisotopic (exact) mass is 197 g/mol. The lowest BCUT2D eigenvalue weighted by molar-refractivity contribution is -0.107. The van der Waals surface area contributed by atoms with Crippen molar-refractivity contribution < 1.29 is 9.59 Å². The van der Waals surface area contributed by atoms with Crippen LogP contribution < -0.4 is 5.32 Å². The summed E-state index contributed by atoms with van der Waals surface area (Å²) in [6.45, 7) is 0. The molecule has 0 aliphatic rings. The first-order chi connectivity index (χ1) is 6.22. The molecule has 0 aromatic heterocycles. The van der Waals surface area contributed by atoms with E-state index in [4.69, 9.17) is 11.6 Å². The molecule has 4 heteroatoms. The smallest absolute Gasteiger partial charge is 0.312 e. The van der Waals surface area contributed by atoms with Gasteiger partial charge in [-0.25, -0.2) is 0 Å². The van der Waals surface area contributed by atoms with Crippen molar-refractivity contribution in [1.29, 1.82) is 0 Å². The molecule has 0 unspecified atom stereocenters. The predicted octanol–water partition coefficient (Wildman–Crippen LogP) is 2.20. The maximum absolute atomic E-state index is 10.4. The van der Waals surface area contributed by atoms with Crippen molar-refractivity contribution in [2.45, 2.75) is 6.42 Å². The van der Waals surface area contributed by atoms with E-state index in [0.717, 1.165) is 11.8 Å². The third-order valence-electron chi connectivity index (χ3n) is 1.52. The van der Waals surface area contributed by atoms with Crippen molar-refractivity contribution in [2.24, 2.45) is 0 Å². The van der Waals surface area contributed by atoms with Crippen molar-refractivity contribution in [3.8, 4) is 0 Å². The molecule has 0 radical (unpaired) electrons.